The lowest BCUT2D eigenvalue weighted by atomic mass is 10.2. The molecule has 20 heavy (non-hydrogen) atoms. The number of alkyl halides is 3. The zero-order valence-electron chi connectivity index (χ0n) is 10.2. The molecule has 0 unspecified atom stereocenters. The highest BCUT2D eigenvalue weighted by Crippen LogP contribution is 2.29. The number of esters is 1. The lowest BCUT2D eigenvalue weighted by Crippen LogP contribution is -2.13. The van der Waals surface area contributed by atoms with E-state index in [1.807, 2.05) is 0 Å². The van der Waals surface area contributed by atoms with Crippen LogP contribution in [0.3, 0.4) is 0 Å². The largest absolute Gasteiger partial charge is 0.426 e. The number of rotatable bonds is 3. The second-order valence-electron chi connectivity index (χ2n) is 4.00. The SMILES string of the molecule is O=C(Cc1cc(C(F)(F)F)ccn1)Oc1ccccc1. The fourth-order valence-corrected chi connectivity index (χ4v) is 1.56. The van der Waals surface area contributed by atoms with Gasteiger partial charge in [-0.05, 0) is 24.3 Å². The molecule has 6 heteroatoms. The summed E-state index contributed by atoms with van der Waals surface area (Å²) in [5.74, 6) is -0.326. The first-order valence-corrected chi connectivity index (χ1v) is 5.73. The van der Waals surface area contributed by atoms with Crippen molar-refractivity contribution in [3.63, 3.8) is 0 Å². The molecule has 3 nitrogen and oxygen atoms in total. The fraction of sp³-hybridized carbons (Fsp3) is 0.143. The molecule has 1 aromatic heterocycles. The van der Waals surface area contributed by atoms with E-state index in [2.05, 4.69) is 4.98 Å². The van der Waals surface area contributed by atoms with E-state index in [4.69, 9.17) is 4.74 Å². The Kier molecular flexibility index (Phi) is 4.02. The van der Waals surface area contributed by atoms with Crippen LogP contribution in [0.5, 0.6) is 5.75 Å². The molecule has 0 fully saturated rings. The van der Waals surface area contributed by atoms with Gasteiger partial charge in [0.05, 0.1) is 17.7 Å². The average molecular weight is 281 g/mol. The molecular formula is C14H10F3NO2. The zero-order valence-corrected chi connectivity index (χ0v) is 10.2. The minimum Gasteiger partial charge on any atom is -0.426 e. The summed E-state index contributed by atoms with van der Waals surface area (Å²) < 4.78 is 42.5. The van der Waals surface area contributed by atoms with E-state index in [9.17, 15) is 18.0 Å². The molecule has 104 valence electrons. The van der Waals surface area contributed by atoms with Crippen LogP contribution in [-0.4, -0.2) is 11.0 Å². The molecule has 0 bridgehead atoms. The predicted octanol–water partition coefficient (Wildman–Crippen LogP) is 3.25. The van der Waals surface area contributed by atoms with Gasteiger partial charge in [0.15, 0.2) is 0 Å². The Bertz CT molecular complexity index is 597. The summed E-state index contributed by atoms with van der Waals surface area (Å²) in [6.07, 6.45) is -3.76. The van der Waals surface area contributed by atoms with E-state index < -0.39 is 17.7 Å². The molecular weight excluding hydrogens is 271 g/mol. The Labute approximate surface area is 113 Å². The highest BCUT2D eigenvalue weighted by molar-refractivity contribution is 5.74. The van der Waals surface area contributed by atoms with Crippen molar-refractivity contribution < 1.29 is 22.7 Å². The van der Waals surface area contributed by atoms with Crippen molar-refractivity contribution in [2.75, 3.05) is 0 Å². The molecule has 0 aliphatic heterocycles. The number of pyridine rings is 1. The first kappa shape index (κ1) is 14.0. The summed E-state index contributed by atoms with van der Waals surface area (Å²) in [4.78, 5) is 15.3. The van der Waals surface area contributed by atoms with Gasteiger partial charge in [0.1, 0.15) is 5.75 Å². The van der Waals surface area contributed by atoms with Gasteiger partial charge in [-0.1, -0.05) is 18.2 Å². The predicted molar refractivity (Wildman–Crippen MR) is 65.0 cm³/mol. The van der Waals surface area contributed by atoms with Crippen LogP contribution in [0.1, 0.15) is 11.3 Å². The number of hydrogen-bond acceptors (Lipinski definition) is 3. The maximum atomic E-state index is 12.5. The van der Waals surface area contributed by atoms with Gasteiger partial charge in [0, 0.05) is 6.20 Å². The highest BCUT2D eigenvalue weighted by atomic mass is 19.4. The summed E-state index contributed by atoms with van der Waals surface area (Å²) in [7, 11) is 0. The van der Waals surface area contributed by atoms with Crippen LogP contribution in [-0.2, 0) is 17.4 Å². The number of hydrogen-bond donors (Lipinski definition) is 0. The second kappa shape index (κ2) is 5.73. The molecule has 0 spiro atoms. The minimum absolute atomic E-state index is 0.0146. The molecule has 0 amide bonds. The van der Waals surface area contributed by atoms with Crippen molar-refractivity contribution in [3.8, 4) is 5.75 Å². The second-order valence-corrected chi connectivity index (χ2v) is 4.00. The van der Waals surface area contributed by atoms with Crippen LogP contribution < -0.4 is 4.74 Å². The number of para-hydroxylation sites is 1. The van der Waals surface area contributed by atoms with Gasteiger partial charge in [-0.3, -0.25) is 9.78 Å². The number of halogens is 3. The van der Waals surface area contributed by atoms with Crippen molar-refractivity contribution in [3.05, 3.63) is 59.9 Å². The number of benzene rings is 1. The first-order valence-electron chi connectivity index (χ1n) is 5.73. The van der Waals surface area contributed by atoms with Gasteiger partial charge in [-0.25, -0.2) is 0 Å². The van der Waals surface area contributed by atoms with E-state index in [-0.39, 0.29) is 12.1 Å². The Balaban J connectivity index is 2.05. The van der Waals surface area contributed by atoms with Gasteiger partial charge < -0.3 is 4.74 Å². The Morgan fingerprint density at radius 3 is 2.50 bits per heavy atom. The summed E-state index contributed by atoms with van der Waals surface area (Å²) in [5, 5.41) is 0. The summed E-state index contributed by atoms with van der Waals surface area (Å²) in [6, 6.07) is 9.98. The van der Waals surface area contributed by atoms with E-state index in [0.717, 1.165) is 18.3 Å². The van der Waals surface area contributed by atoms with Crippen LogP contribution in [0.2, 0.25) is 0 Å². The van der Waals surface area contributed by atoms with Crippen LogP contribution >= 0.6 is 0 Å². The monoisotopic (exact) mass is 281 g/mol. The normalized spacial score (nSPS) is 11.2. The average Bonchev–Trinajstić information content (AvgIpc) is 2.39. The van der Waals surface area contributed by atoms with Crippen LogP contribution in [0.25, 0.3) is 0 Å². The molecule has 0 aliphatic carbocycles. The van der Waals surface area contributed by atoms with E-state index in [0.29, 0.717) is 5.75 Å². The maximum absolute atomic E-state index is 12.5. The highest BCUT2D eigenvalue weighted by Gasteiger charge is 2.30. The van der Waals surface area contributed by atoms with Crippen molar-refractivity contribution in [1.82, 2.24) is 4.98 Å². The Morgan fingerprint density at radius 1 is 1.15 bits per heavy atom. The van der Waals surface area contributed by atoms with E-state index in [1.54, 1.807) is 30.3 Å². The molecule has 1 heterocycles. The number of carbonyl (C=O) groups excluding carboxylic acids is 1. The maximum Gasteiger partial charge on any atom is 0.416 e. The smallest absolute Gasteiger partial charge is 0.416 e. The zero-order chi connectivity index (χ0) is 14.6. The van der Waals surface area contributed by atoms with E-state index >= 15 is 0 Å². The summed E-state index contributed by atoms with van der Waals surface area (Å²) in [5.41, 5.74) is -0.823. The lowest BCUT2D eigenvalue weighted by molar-refractivity contribution is -0.138. The molecule has 1 aromatic carbocycles. The van der Waals surface area contributed by atoms with Crippen molar-refractivity contribution in [2.24, 2.45) is 0 Å². The quantitative estimate of drug-likeness (QED) is 0.640. The molecule has 0 atom stereocenters. The van der Waals surface area contributed by atoms with Gasteiger partial charge in [-0.15, -0.1) is 0 Å². The molecule has 0 N–H and O–H groups in total. The van der Waals surface area contributed by atoms with Gasteiger partial charge in [0.25, 0.3) is 0 Å². The summed E-state index contributed by atoms with van der Waals surface area (Å²) in [6.45, 7) is 0. The number of carbonyl (C=O) groups is 1. The number of ether oxygens (including phenoxy) is 1. The molecule has 2 rings (SSSR count). The minimum atomic E-state index is -4.46. The van der Waals surface area contributed by atoms with Crippen molar-refractivity contribution in [1.29, 1.82) is 0 Å². The number of aromatic nitrogens is 1. The lowest BCUT2D eigenvalue weighted by Gasteiger charge is -2.08. The molecule has 2 aromatic rings. The van der Waals surface area contributed by atoms with E-state index in [1.165, 1.54) is 0 Å². The molecule has 0 saturated carbocycles. The van der Waals surface area contributed by atoms with Crippen LogP contribution in [0.15, 0.2) is 48.7 Å². The number of nitrogens with zero attached hydrogens (tertiary/aromatic N) is 1. The first-order chi connectivity index (χ1) is 9.45. The van der Waals surface area contributed by atoms with Crippen molar-refractivity contribution >= 4 is 5.97 Å². The Morgan fingerprint density at radius 2 is 1.85 bits per heavy atom. The van der Waals surface area contributed by atoms with Gasteiger partial charge in [-0.2, -0.15) is 13.2 Å². The van der Waals surface area contributed by atoms with Crippen LogP contribution in [0.4, 0.5) is 13.2 Å². The summed E-state index contributed by atoms with van der Waals surface area (Å²) >= 11 is 0. The topological polar surface area (TPSA) is 39.2 Å². The van der Waals surface area contributed by atoms with Gasteiger partial charge in [0.2, 0.25) is 0 Å². The molecule has 0 saturated heterocycles. The third-order valence-electron chi connectivity index (χ3n) is 2.44. The van der Waals surface area contributed by atoms with Crippen molar-refractivity contribution in [2.45, 2.75) is 12.6 Å². The van der Waals surface area contributed by atoms with Crippen LogP contribution in [0, 0.1) is 0 Å². The molecule has 0 radical (unpaired) electrons. The third kappa shape index (κ3) is 3.81. The fourth-order valence-electron chi connectivity index (χ4n) is 1.56. The Hall–Kier alpha value is -2.37. The standard InChI is InChI=1S/C14H10F3NO2/c15-14(16,17)10-6-7-18-11(8-10)9-13(19)20-12-4-2-1-3-5-12/h1-8H,9H2. The van der Waals surface area contributed by atoms with Gasteiger partial charge >= 0.3 is 12.1 Å². The third-order valence-corrected chi connectivity index (χ3v) is 2.44. The molecule has 0 aliphatic rings.